The normalized spacial score (nSPS) is 28.2. The molecule has 1 heterocycles. The van der Waals surface area contributed by atoms with Crippen LogP contribution >= 0.6 is 0 Å². The summed E-state index contributed by atoms with van der Waals surface area (Å²) in [5.74, 6) is -1.26. The van der Waals surface area contributed by atoms with Gasteiger partial charge < -0.3 is 14.2 Å². The molecule has 0 N–H and O–H groups in total. The number of ether oxygens (including phenoxy) is 3. The molecule has 2 aromatic rings. The second-order valence-electron chi connectivity index (χ2n) is 10.9. The summed E-state index contributed by atoms with van der Waals surface area (Å²) in [6.07, 6.45) is 13.0. The molecule has 2 aromatic carbocycles. The van der Waals surface area contributed by atoms with E-state index in [0.29, 0.717) is 36.7 Å². The van der Waals surface area contributed by atoms with Gasteiger partial charge in [0.05, 0.1) is 19.3 Å². The first-order valence-corrected chi connectivity index (χ1v) is 13.6. The second kappa shape index (κ2) is 12.1. The van der Waals surface area contributed by atoms with Crippen molar-refractivity contribution in [1.82, 2.24) is 0 Å². The zero-order chi connectivity index (χ0) is 24.9. The summed E-state index contributed by atoms with van der Waals surface area (Å²) in [5, 5.41) is 0. The third kappa shape index (κ3) is 6.90. The molecule has 1 aliphatic heterocycles. The number of rotatable bonds is 10. The van der Waals surface area contributed by atoms with Crippen molar-refractivity contribution in [3.8, 4) is 11.1 Å². The molecule has 2 aliphatic carbocycles. The molecule has 3 nitrogen and oxygen atoms in total. The van der Waals surface area contributed by atoms with E-state index in [-0.39, 0.29) is 0 Å². The van der Waals surface area contributed by atoms with E-state index >= 15 is 0 Å². The summed E-state index contributed by atoms with van der Waals surface area (Å²) >= 11 is 0. The van der Waals surface area contributed by atoms with E-state index in [9.17, 15) is 13.2 Å². The summed E-state index contributed by atoms with van der Waals surface area (Å²) in [6, 6.07) is 9.87. The Morgan fingerprint density at radius 3 is 2.00 bits per heavy atom. The van der Waals surface area contributed by atoms with Gasteiger partial charge in [-0.25, -0.2) is 13.2 Å². The van der Waals surface area contributed by atoms with E-state index in [4.69, 9.17) is 14.2 Å². The Kier molecular flexibility index (Phi) is 8.66. The summed E-state index contributed by atoms with van der Waals surface area (Å²) < 4.78 is 56.9. The van der Waals surface area contributed by atoms with E-state index in [2.05, 4.69) is 0 Å². The minimum Gasteiger partial charge on any atom is -0.371 e. The van der Waals surface area contributed by atoms with Crippen LogP contribution in [-0.4, -0.2) is 32.2 Å². The smallest absolute Gasteiger partial charge is 0.194 e. The van der Waals surface area contributed by atoms with Crippen LogP contribution in [0.4, 0.5) is 13.2 Å². The van der Waals surface area contributed by atoms with Crippen molar-refractivity contribution in [1.29, 1.82) is 0 Å². The van der Waals surface area contributed by atoms with Gasteiger partial charge in [0, 0.05) is 0 Å². The highest BCUT2D eigenvalue weighted by Gasteiger charge is 2.31. The molecule has 196 valence electrons. The monoisotopic (exact) mass is 502 g/mol. The van der Waals surface area contributed by atoms with Crippen LogP contribution in [0.2, 0.25) is 0 Å². The molecule has 3 fully saturated rings. The highest BCUT2D eigenvalue weighted by molar-refractivity contribution is 5.63. The van der Waals surface area contributed by atoms with E-state index < -0.39 is 17.5 Å². The molecule has 6 heteroatoms. The number of aryl methyl sites for hydroxylation is 1. The molecule has 5 rings (SSSR count). The first-order chi connectivity index (χ1) is 17.5. The van der Waals surface area contributed by atoms with E-state index in [1.54, 1.807) is 0 Å². The molecule has 1 saturated heterocycles. The standard InChI is InChI=1S/C30H37F3O3/c31-28-15-25(16-29(32)30(28)33)24-9-5-21(6-10-24)2-1-20-3-7-22(8-4-20)23-11-13-26(14-12-23)36-19-34-17-27-18-35-27/h5-6,9-10,15-16,20,22-23,26-27H,1-4,7-8,11-14,17-19H2. The number of epoxide rings is 1. The maximum atomic E-state index is 13.5. The van der Waals surface area contributed by atoms with Crippen molar-refractivity contribution >= 4 is 0 Å². The van der Waals surface area contributed by atoms with Crippen molar-refractivity contribution in [3.63, 3.8) is 0 Å². The van der Waals surface area contributed by atoms with Crippen molar-refractivity contribution in [2.45, 2.75) is 76.4 Å². The molecule has 0 spiro atoms. The summed E-state index contributed by atoms with van der Waals surface area (Å²) in [5.41, 5.74) is 2.28. The largest absolute Gasteiger partial charge is 0.371 e. The van der Waals surface area contributed by atoms with Crippen LogP contribution in [0.25, 0.3) is 11.1 Å². The predicted molar refractivity (Wildman–Crippen MR) is 133 cm³/mol. The van der Waals surface area contributed by atoms with Gasteiger partial charge in [-0.1, -0.05) is 37.1 Å². The molecular weight excluding hydrogens is 465 g/mol. The van der Waals surface area contributed by atoms with Crippen LogP contribution in [0.1, 0.15) is 63.4 Å². The minimum atomic E-state index is -1.42. The molecule has 3 aliphatic rings. The van der Waals surface area contributed by atoms with Gasteiger partial charge in [0.2, 0.25) is 0 Å². The fourth-order valence-electron chi connectivity index (χ4n) is 6.12. The van der Waals surface area contributed by atoms with Crippen LogP contribution in [-0.2, 0) is 20.6 Å². The Morgan fingerprint density at radius 1 is 0.778 bits per heavy atom. The van der Waals surface area contributed by atoms with Crippen molar-refractivity contribution < 1.29 is 27.4 Å². The zero-order valence-corrected chi connectivity index (χ0v) is 20.9. The van der Waals surface area contributed by atoms with Gasteiger partial charge in [-0.15, -0.1) is 0 Å². The van der Waals surface area contributed by atoms with Gasteiger partial charge in [0.1, 0.15) is 12.9 Å². The van der Waals surface area contributed by atoms with Gasteiger partial charge in [-0.2, -0.15) is 0 Å². The molecule has 0 amide bonds. The number of hydrogen-bond acceptors (Lipinski definition) is 3. The van der Waals surface area contributed by atoms with Gasteiger partial charge in [0.25, 0.3) is 0 Å². The summed E-state index contributed by atoms with van der Waals surface area (Å²) in [4.78, 5) is 0. The van der Waals surface area contributed by atoms with Crippen LogP contribution in [0, 0.1) is 35.2 Å². The summed E-state index contributed by atoms with van der Waals surface area (Å²) in [6.45, 7) is 1.88. The lowest BCUT2D eigenvalue weighted by Gasteiger charge is -2.37. The molecule has 0 bridgehead atoms. The molecule has 1 atom stereocenters. The summed E-state index contributed by atoms with van der Waals surface area (Å²) in [7, 11) is 0. The first kappa shape index (κ1) is 25.7. The van der Waals surface area contributed by atoms with E-state index in [1.807, 2.05) is 24.3 Å². The average Bonchev–Trinajstić information content (AvgIpc) is 3.74. The van der Waals surface area contributed by atoms with Gasteiger partial charge in [-0.3, -0.25) is 0 Å². The minimum absolute atomic E-state index is 0.298. The zero-order valence-electron chi connectivity index (χ0n) is 20.9. The van der Waals surface area contributed by atoms with Gasteiger partial charge in [0.15, 0.2) is 17.5 Å². The Hall–Kier alpha value is -1.89. The highest BCUT2D eigenvalue weighted by Crippen LogP contribution is 2.41. The molecule has 36 heavy (non-hydrogen) atoms. The second-order valence-corrected chi connectivity index (χ2v) is 10.9. The SMILES string of the molecule is Fc1cc(-c2ccc(CCC3CCC(C4CCC(OCOCC5CO5)CC4)CC3)cc2)cc(F)c1F. The lowest BCUT2D eigenvalue weighted by atomic mass is 9.70. The molecule has 0 radical (unpaired) electrons. The lowest BCUT2D eigenvalue weighted by molar-refractivity contribution is -0.106. The first-order valence-electron chi connectivity index (χ1n) is 13.6. The highest BCUT2D eigenvalue weighted by atomic mass is 19.2. The van der Waals surface area contributed by atoms with Gasteiger partial charge >= 0.3 is 0 Å². The lowest BCUT2D eigenvalue weighted by Crippen LogP contribution is -2.29. The van der Waals surface area contributed by atoms with Crippen LogP contribution in [0.3, 0.4) is 0 Å². The molecular formula is C30H37F3O3. The maximum Gasteiger partial charge on any atom is 0.194 e. The Labute approximate surface area is 212 Å². The average molecular weight is 503 g/mol. The third-order valence-corrected chi connectivity index (χ3v) is 8.48. The van der Waals surface area contributed by atoms with Crippen LogP contribution in [0.15, 0.2) is 36.4 Å². The number of hydrogen-bond donors (Lipinski definition) is 0. The van der Waals surface area contributed by atoms with Crippen LogP contribution < -0.4 is 0 Å². The Bertz CT molecular complexity index is 952. The van der Waals surface area contributed by atoms with Crippen molar-refractivity contribution in [2.75, 3.05) is 20.0 Å². The topological polar surface area (TPSA) is 31.0 Å². The fourth-order valence-corrected chi connectivity index (χ4v) is 6.12. The van der Waals surface area contributed by atoms with Crippen molar-refractivity contribution in [2.24, 2.45) is 17.8 Å². The molecule has 2 saturated carbocycles. The molecule has 1 unspecified atom stereocenters. The van der Waals surface area contributed by atoms with E-state index in [0.717, 1.165) is 55.8 Å². The third-order valence-electron chi connectivity index (χ3n) is 8.48. The Morgan fingerprint density at radius 2 is 1.39 bits per heavy atom. The molecule has 0 aromatic heterocycles. The Balaban J connectivity index is 0.998. The number of halogens is 3. The quantitative estimate of drug-likeness (QED) is 0.146. The van der Waals surface area contributed by atoms with Crippen molar-refractivity contribution in [3.05, 3.63) is 59.4 Å². The maximum absolute atomic E-state index is 13.5. The van der Waals surface area contributed by atoms with Crippen LogP contribution in [0.5, 0.6) is 0 Å². The number of benzene rings is 2. The fraction of sp³-hybridized carbons (Fsp3) is 0.600. The predicted octanol–water partition coefficient (Wildman–Crippen LogP) is 7.46. The van der Waals surface area contributed by atoms with Gasteiger partial charge in [-0.05, 0) is 97.9 Å². The van der Waals surface area contributed by atoms with E-state index in [1.165, 1.54) is 50.5 Å².